The highest BCUT2D eigenvalue weighted by Gasteiger charge is 2.09. The molecule has 80 valence electrons. The Morgan fingerprint density at radius 2 is 1.14 bits per heavy atom. The monoisotopic (exact) mass is 200 g/mol. The molecule has 0 aromatic rings. The number of esters is 2. The van der Waals surface area contributed by atoms with Gasteiger partial charge < -0.3 is 9.47 Å². The van der Waals surface area contributed by atoms with Gasteiger partial charge in [0.15, 0.2) is 0 Å². The van der Waals surface area contributed by atoms with Crippen LogP contribution in [0, 0.1) is 0 Å². The molecule has 1 rings (SSSR count). The maximum Gasteiger partial charge on any atom is 0.306 e. The van der Waals surface area contributed by atoms with Crippen molar-refractivity contribution in [2.24, 2.45) is 0 Å². The molecular weight excluding hydrogens is 184 g/mol. The van der Waals surface area contributed by atoms with E-state index in [0.717, 1.165) is 25.7 Å². The summed E-state index contributed by atoms with van der Waals surface area (Å²) in [6, 6.07) is 0. The molecule has 0 aliphatic carbocycles. The quantitative estimate of drug-likeness (QED) is 0.555. The van der Waals surface area contributed by atoms with Gasteiger partial charge in [-0.2, -0.15) is 0 Å². The van der Waals surface area contributed by atoms with Crippen molar-refractivity contribution < 1.29 is 19.1 Å². The van der Waals surface area contributed by atoms with Crippen LogP contribution in [0.3, 0.4) is 0 Å². The van der Waals surface area contributed by atoms with Crippen LogP contribution in [0.5, 0.6) is 0 Å². The molecule has 0 aromatic heterocycles. The van der Waals surface area contributed by atoms with E-state index in [1.807, 2.05) is 0 Å². The number of hydrogen-bond donors (Lipinski definition) is 0. The van der Waals surface area contributed by atoms with Crippen LogP contribution >= 0.6 is 0 Å². The molecule has 0 bridgehead atoms. The smallest absolute Gasteiger partial charge is 0.306 e. The topological polar surface area (TPSA) is 52.6 Å². The second-order valence-electron chi connectivity index (χ2n) is 3.36. The van der Waals surface area contributed by atoms with Gasteiger partial charge in [-0.3, -0.25) is 9.59 Å². The fraction of sp³-hybridized carbons (Fsp3) is 0.800. The van der Waals surface area contributed by atoms with Crippen molar-refractivity contribution in [2.45, 2.75) is 38.5 Å². The highest BCUT2D eigenvalue weighted by molar-refractivity contribution is 5.77. The highest BCUT2D eigenvalue weighted by atomic mass is 16.5. The number of ether oxygens (including phenoxy) is 2. The predicted molar refractivity (Wildman–Crippen MR) is 49.6 cm³/mol. The van der Waals surface area contributed by atoms with E-state index in [4.69, 9.17) is 9.47 Å². The lowest BCUT2D eigenvalue weighted by molar-refractivity contribution is -0.150. The Kier molecular flexibility index (Phi) is 5.04. The zero-order valence-electron chi connectivity index (χ0n) is 8.29. The molecule has 0 saturated carbocycles. The number of hydrogen-bond acceptors (Lipinski definition) is 4. The summed E-state index contributed by atoms with van der Waals surface area (Å²) in [5, 5.41) is 0. The molecule has 4 heteroatoms. The Hall–Kier alpha value is -1.06. The van der Waals surface area contributed by atoms with Gasteiger partial charge in [-0.25, -0.2) is 0 Å². The largest absolute Gasteiger partial charge is 0.466 e. The normalized spacial score (nSPS) is 21.4. The van der Waals surface area contributed by atoms with Crippen molar-refractivity contribution in [2.75, 3.05) is 13.2 Å². The van der Waals surface area contributed by atoms with Gasteiger partial charge in [0, 0.05) is 0 Å². The molecule has 1 heterocycles. The Balaban J connectivity index is 2.29. The van der Waals surface area contributed by atoms with Crippen LogP contribution < -0.4 is 0 Å². The van der Waals surface area contributed by atoms with E-state index in [1.54, 1.807) is 0 Å². The third-order valence-corrected chi connectivity index (χ3v) is 2.10. The van der Waals surface area contributed by atoms with Gasteiger partial charge >= 0.3 is 11.9 Å². The van der Waals surface area contributed by atoms with Crippen LogP contribution in [0.25, 0.3) is 0 Å². The molecule has 1 saturated heterocycles. The van der Waals surface area contributed by atoms with Gasteiger partial charge in [0.1, 0.15) is 0 Å². The molecule has 0 atom stereocenters. The zero-order chi connectivity index (χ0) is 10.2. The maximum atomic E-state index is 11.0. The van der Waals surface area contributed by atoms with Crippen LogP contribution in [-0.2, 0) is 19.1 Å². The lowest BCUT2D eigenvalue weighted by Gasteiger charge is -2.08. The summed E-state index contributed by atoms with van der Waals surface area (Å²) in [4.78, 5) is 22.0. The molecule has 0 N–H and O–H groups in total. The summed E-state index contributed by atoms with van der Waals surface area (Å²) in [6.45, 7) is 0.960. The average Bonchev–Trinajstić information content (AvgIpc) is 2.17. The summed E-state index contributed by atoms with van der Waals surface area (Å²) in [5.41, 5.74) is 0. The summed E-state index contributed by atoms with van der Waals surface area (Å²) in [6.07, 6.45) is 4.12. The summed E-state index contributed by atoms with van der Waals surface area (Å²) >= 11 is 0. The van der Waals surface area contributed by atoms with Crippen molar-refractivity contribution in [1.29, 1.82) is 0 Å². The first kappa shape index (κ1) is 11.0. The average molecular weight is 200 g/mol. The van der Waals surface area contributed by atoms with Crippen molar-refractivity contribution in [3.05, 3.63) is 0 Å². The Bertz CT molecular complexity index is 178. The van der Waals surface area contributed by atoms with Crippen LogP contribution in [0.2, 0.25) is 0 Å². The summed E-state index contributed by atoms with van der Waals surface area (Å²) in [5.74, 6) is -0.606. The molecular formula is C10H16O4. The third-order valence-electron chi connectivity index (χ3n) is 2.10. The molecule has 0 spiro atoms. The van der Waals surface area contributed by atoms with Gasteiger partial charge in [0.25, 0.3) is 0 Å². The molecule has 0 amide bonds. The SMILES string of the molecule is O=C1CCC(=O)OCCCCCCO1. The third kappa shape index (κ3) is 4.84. The molecule has 14 heavy (non-hydrogen) atoms. The minimum atomic E-state index is -0.303. The van der Waals surface area contributed by atoms with E-state index in [0.29, 0.717) is 13.2 Å². The first-order valence-electron chi connectivity index (χ1n) is 5.10. The number of cyclic esters (lactones) is 2. The predicted octanol–water partition coefficient (Wildman–Crippen LogP) is 1.43. The van der Waals surface area contributed by atoms with Gasteiger partial charge in [-0.1, -0.05) is 0 Å². The lowest BCUT2D eigenvalue weighted by atomic mass is 10.2. The molecule has 0 unspecified atom stereocenters. The van der Waals surface area contributed by atoms with E-state index >= 15 is 0 Å². The minimum Gasteiger partial charge on any atom is -0.466 e. The molecule has 1 fully saturated rings. The first-order valence-corrected chi connectivity index (χ1v) is 5.10. The van der Waals surface area contributed by atoms with Crippen molar-refractivity contribution >= 4 is 11.9 Å². The highest BCUT2D eigenvalue weighted by Crippen LogP contribution is 2.04. The van der Waals surface area contributed by atoms with Crippen molar-refractivity contribution in [3.63, 3.8) is 0 Å². The fourth-order valence-corrected chi connectivity index (χ4v) is 1.28. The van der Waals surface area contributed by atoms with Gasteiger partial charge in [0.05, 0.1) is 26.1 Å². The van der Waals surface area contributed by atoms with Gasteiger partial charge in [-0.15, -0.1) is 0 Å². The molecule has 1 aliphatic rings. The van der Waals surface area contributed by atoms with Crippen LogP contribution in [0.4, 0.5) is 0 Å². The summed E-state index contributed by atoms with van der Waals surface area (Å²) < 4.78 is 9.83. The second kappa shape index (κ2) is 6.40. The molecule has 0 radical (unpaired) electrons. The standard InChI is InChI=1S/C10H16O4/c11-9-5-6-10(12)14-8-4-2-1-3-7-13-9/h1-8H2. The Morgan fingerprint density at radius 1 is 0.714 bits per heavy atom. The van der Waals surface area contributed by atoms with E-state index < -0.39 is 0 Å². The second-order valence-corrected chi connectivity index (χ2v) is 3.36. The van der Waals surface area contributed by atoms with E-state index in [2.05, 4.69) is 0 Å². The summed E-state index contributed by atoms with van der Waals surface area (Å²) in [7, 11) is 0. The zero-order valence-corrected chi connectivity index (χ0v) is 8.29. The van der Waals surface area contributed by atoms with Gasteiger partial charge in [0.2, 0.25) is 0 Å². The van der Waals surface area contributed by atoms with E-state index in [1.165, 1.54) is 0 Å². The van der Waals surface area contributed by atoms with Crippen LogP contribution in [-0.4, -0.2) is 25.2 Å². The van der Waals surface area contributed by atoms with Crippen LogP contribution in [0.15, 0.2) is 0 Å². The van der Waals surface area contributed by atoms with E-state index in [9.17, 15) is 9.59 Å². The lowest BCUT2D eigenvalue weighted by Crippen LogP contribution is -2.12. The Morgan fingerprint density at radius 3 is 1.57 bits per heavy atom. The first-order chi connectivity index (χ1) is 6.79. The molecule has 0 aromatic carbocycles. The molecule has 4 nitrogen and oxygen atoms in total. The van der Waals surface area contributed by atoms with Crippen LogP contribution in [0.1, 0.15) is 38.5 Å². The maximum absolute atomic E-state index is 11.0. The number of rotatable bonds is 0. The molecule has 1 aliphatic heterocycles. The fourth-order valence-electron chi connectivity index (χ4n) is 1.28. The number of carbonyl (C=O) groups is 2. The van der Waals surface area contributed by atoms with Gasteiger partial charge in [-0.05, 0) is 25.7 Å². The van der Waals surface area contributed by atoms with Crippen molar-refractivity contribution in [3.8, 4) is 0 Å². The minimum absolute atomic E-state index is 0.138. The number of carbonyl (C=O) groups excluding carboxylic acids is 2. The van der Waals surface area contributed by atoms with E-state index in [-0.39, 0.29) is 24.8 Å². The van der Waals surface area contributed by atoms with Crippen molar-refractivity contribution in [1.82, 2.24) is 0 Å². The Labute approximate surface area is 83.6 Å².